The van der Waals surface area contributed by atoms with Crippen LogP contribution in [0.2, 0.25) is 0 Å². The number of nitrogens with zero attached hydrogens (tertiary/aromatic N) is 4. The van der Waals surface area contributed by atoms with E-state index < -0.39 is 0 Å². The van der Waals surface area contributed by atoms with Gasteiger partial charge in [0.25, 0.3) is 0 Å². The molecule has 0 aliphatic rings. The largest absolute Gasteiger partial charge is 0.390 e. The van der Waals surface area contributed by atoms with Crippen LogP contribution in [0, 0.1) is 6.92 Å². The molecule has 0 saturated carbocycles. The van der Waals surface area contributed by atoms with E-state index in [1.165, 1.54) is 0 Å². The molecule has 0 bridgehead atoms. The summed E-state index contributed by atoms with van der Waals surface area (Å²) < 4.78 is 1.68. The minimum Gasteiger partial charge on any atom is -0.390 e. The fourth-order valence-corrected chi connectivity index (χ4v) is 1.38. The van der Waals surface area contributed by atoms with Crippen LogP contribution in [0.3, 0.4) is 0 Å². The molecule has 2 aromatic rings. The van der Waals surface area contributed by atoms with Gasteiger partial charge < -0.3 is 5.11 Å². The molecule has 0 aromatic carbocycles. The first-order valence-corrected chi connectivity index (χ1v) is 4.68. The van der Waals surface area contributed by atoms with Gasteiger partial charge in [0.1, 0.15) is 5.69 Å². The summed E-state index contributed by atoms with van der Waals surface area (Å²) in [6.07, 6.45) is 5.33. The fourth-order valence-electron chi connectivity index (χ4n) is 1.38. The minimum atomic E-state index is -0.0773. The third-order valence-corrected chi connectivity index (χ3v) is 2.02. The van der Waals surface area contributed by atoms with Gasteiger partial charge in [-0.3, -0.25) is 4.98 Å². The van der Waals surface area contributed by atoms with E-state index in [0.717, 1.165) is 11.1 Å². The quantitative estimate of drug-likeness (QED) is 0.791. The highest BCUT2D eigenvalue weighted by molar-refractivity contribution is 5.16. The molecule has 0 amide bonds. The predicted molar refractivity (Wildman–Crippen MR) is 54.0 cm³/mol. The first kappa shape index (κ1) is 9.79. The fraction of sp³-hybridized carbons (Fsp3) is 0.300. The summed E-state index contributed by atoms with van der Waals surface area (Å²) in [4.78, 5) is 4.10. The average molecular weight is 204 g/mol. The van der Waals surface area contributed by atoms with E-state index >= 15 is 0 Å². The van der Waals surface area contributed by atoms with Crippen LogP contribution in [0.15, 0.2) is 24.7 Å². The van der Waals surface area contributed by atoms with E-state index in [9.17, 15) is 0 Å². The summed E-state index contributed by atoms with van der Waals surface area (Å²) in [5.41, 5.74) is 2.77. The molecule has 0 saturated heterocycles. The summed E-state index contributed by atoms with van der Waals surface area (Å²) in [5, 5.41) is 16.5. The third-order valence-electron chi connectivity index (χ3n) is 2.02. The Labute approximate surface area is 87.4 Å². The zero-order valence-corrected chi connectivity index (χ0v) is 8.46. The lowest BCUT2D eigenvalue weighted by Crippen LogP contribution is -2.01. The number of aliphatic hydroxyl groups excluding tert-OH is 1. The zero-order valence-electron chi connectivity index (χ0n) is 8.46. The van der Waals surface area contributed by atoms with E-state index in [-0.39, 0.29) is 6.61 Å². The summed E-state index contributed by atoms with van der Waals surface area (Å²) in [6, 6.07) is 2.05. The van der Waals surface area contributed by atoms with Crippen LogP contribution in [-0.2, 0) is 13.2 Å². The van der Waals surface area contributed by atoms with Crippen molar-refractivity contribution in [3.63, 3.8) is 0 Å². The Bertz CT molecular complexity index is 452. The third kappa shape index (κ3) is 2.38. The van der Waals surface area contributed by atoms with E-state index in [4.69, 9.17) is 5.11 Å². The number of pyridine rings is 1. The highest BCUT2D eigenvalue weighted by Crippen LogP contribution is 2.03. The number of hydrogen-bond donors (Lipinski definition) is 1. The first-order chi connectivity index (χ1) is 7.28. The van der Waals surface area contributed by atoms with Crippen LogP contribution in [0.25, 0.3) is 0 Å². The van der Waals surface area contributed by atoms with Gasteiger partial charge in [-0.05, 0) is 18.1 Å². The van der Waals surface area contributed by atoms with Crippen molar-refractivity contribution in [2.24, 2.45) is 0 Å². The molecule has 78 valence electrons. The monoisotopic (exact) mass is 204 g/mol. The second kappa shape index (κ2) is 4.18. The van der Waals surface area contributed by atoms with Crippen molar-refractivity contribution in [3.8, 4) is 0 Å². The Morgan fingerprint density at radius 1 is 1.40 bits per heavy atom. The zero-order chi connectivity index (χ0) is 10.7. The Hall–Kier alpha value is -1.75. The highest BCUT2D eigenvalue weighted by Gasteiger charge is 2.00. The van der Waals surface area contributed by atoms with Gasteiger partial charge in [0.05, 0.1) is 19.3 Å². The van der Waals surface area contributed by atoms with E-state index in [2.05, 4.69) is 15.3 Å². The molecule has 5 nitrogen and oxygen atoms in total. The molecule has 2 heterocycles. The maximum absolute atomic E-state index is 8.83. The molecule has 2 rings (SSSR count). The topological polar surface area (TPSA) is 63.8 Å². The summed E-state index contributed by atoms with van der Waals surface area (Å²) >= 11 is 0. The molecule has 5 heteroatoms. The molecule has 0 atom stereocenters. The van der Waals surface area contributed by atoms with Crippen LogP contribution in [0.1, 0.15) is 16.8 Å². The number of aryl methyl sites for hydroxylation is 1. The average Bonchev–Trinajstić information content (AvgIpc) is 2.65. The van der Waals surface area contributed by atoms with Gasteiger partial charge >= 0.3 is 0 Å². The van der Waals surface area contributed by atoms with Crippen molar-refractivity contribution in [1.82, 2.24) is 20.0 Å². The number of hydrogen-bond acceptors (Lipinski definition) is 4. The molecule has 0 aliphatic heterocycles. The standard InChI is InChI=1S/C10H12N4O/c1-8-2-9(4-11-3-8)5-14-6-10(7-15)12-13-14/h2-4,6,15H,5,7H2,1H3. The Morgan fingerprint density at radius 2 is 2.27 bits per heavy atom. The molecular formula is C10H12N4O. The predicted octanol–water partition coefficient (Wildman–Crippen LogP) is 0.522. The van der Waals surface area contributed by atoms with Gasteiger partial charge in [-0.15, -0.1) is 5.10 Å². The van der Waals surface area contributed by atoms with Crippen LogP contribution >= 0.6 is 0 Å². The summed E-state index contributed by atoms with van der Waals surface area (Å²) in [5.74, 6) is 0. The highest BCUT2D eigenvalue weighted by atomic mass is 16.3. The molecule has 0 unspecified atom stereocenters. The van der Waals surface area contributed by atoms with Crippen LogP contribution in [0.5, 0.6) is 0 Å². The van der Waals surface area contributed by atoms with Crippen molar-refractivity contribution in [3.05, 3.63) is 41.5 Å². The molecule has 15 heavy (non-hydrogen) atoms. The van der Waals surface area contributed by atoms with Crippen molar-refractivity contribution in [2.75, 3.05) is 0 Å². The van der Waals surface area contributed by atoms with Gasteiger partial charge in [0.15, 0.2) is 0 Å². The summed E-state index contributed by atoms with van der Waals surface area (Å²) in [7, 11) is 0. The number of rotatable bonds is 3. The van der Waals surface area contributed by atoms with E-state index in [0.29, 0.717) is 12.2 Å². The van der Waals surface area contributed by atoms with Crippen LogP contribution in [-0.4, -0.2) is 25.1 Å². The number of aromatic nitrogens is 4. The maximum atomic E-state index is 8.83. The van der Waals surface area contributed by atoms with Gasteiger partial charge in [0, 0.05) is 12.4 Å². The smallest absolute Gasteiger partial charge is 0.108 e. The number of aliphatic hydroxyl groups is 1. The molecule has 0 radical (unpaired) electrons. The molecule has 1 N–H and O–H groups in total. The molecule has 0 aliphatic carbocycles. The second-order valence-corrected chi connectivity index (χ2v) is 3.44. The Balaban J connectivity index is 2.14. The molecule has 0 spiro atoms. The lowest BCUT2D eigenvalue weighted by molar-refractivity contribution is 0.276. The Kier molecular flexibility index (Phi) is 2.73. The normalized spacial score (nSPS) is 10.5. The van der Waals surface area contributed by atoms with Crippen LogP contribution in [0.4, 0.5) is 0 Å². The SMILES string of the molecule is Cc1cncc(Cn2cc(CO)nn2)c1. The lowest BCUT2D eigenvalue weighted by atomic mass is 10.2. The van der Waals surface area contributed by atoms with Crippen molar-refractivity contribution >= 4 is 0 Å². The molecule has 0 fully saturated rings. The Morgan fingerprint density at radius 3 is 2.93 bits per heavy atom. The first-order valence-electron chi connectivity index (χ1n) is 4.68. The lowest BCUT2D eigenvalue weighted by Gasteiger charge is -2.00. The summed E-state index contributed by atoms with van der Waals surface area (Å²) in [6.45, 7) is 2.55. The molecular weight excluding hydrogens is 192 g/mol. The van der Waals surface area contributed by atoms with Gasteiger partial charge in [-0.25, -0.2) is 4.68 Å². The minimum absolute atomic E-state index is 0.0773. The van der Waals surface area contributed by atoms with Gasteiger partial charge in [-0.2, -0.15) is 0 Å². The van der Waals surface area contributed by atoms with E-state index in [1.54, 1.807) is 17.1 Å². The molecule has 2 aromatic heterocycles. The maximum Gasteiger partial charge on any atom is 0.108 e. The van der Waals surface area contributed by atoms with Crippen molar-refractivity contribution < 1.29 is 5.11 Å². The van der Waals surface area contributed by atoms with E-state index in [1.807, 2.05) is 19.2 Å². The van der Waals surface area contributed by atoms with Crippen LogP contribution < -0.4 is 0 Å². The van der Waals surface area contributed by atoms with Crippen molar-refractivity contribution in [2.45, 2.75) is 20.1 Å². The van der Waals surface area contributed by atoms with Gasteiger partial charge in [0.2, 0.25) is 0 Å². The van der Waals surface area contributed by atoms with Crippen molar-refractivity contribution in [1.29, 1.82) is 0 Å². The second-order valence-electron chi connectivity index (χ2n) is 3.44. The van der Waals surface area contributed by atoms with Gasteiger partial charge in [-0.1, -0.05) is 11.3 Å².